The Kier molecular flexibility index (Phi) is 6.64. The fourth-order valence-electron chi connectivity index (χ4n) is 4.95. The first kappa shape index (κ1) is 24.3. The number of amides is 2. The summed E-state index contributed by atoms with van der Waals surface area (Å²) in [5.74, 6) is 1.27. The zero-order chi connectivity index (χ0) is 26.1. The van der Waals surface area contributed by atoms with Gasteiger partial charge in [-0.2, -0.15) is 0 Å². The van der Waals surface area contributed by atoms with E-state index in [2.05, 4.69) is 40.2 Å². The quantitative estimate of drug-likeness (QED) is 0.291. The van der Waals surface area contributed by atoms with Gasteiger partial charge in [-0.05, 0) is 85.8 Å². The van der Waals surface area contributed by atoms with E-state index in [0.29, 0.717) is 47.7 Å². The number of ether oxygens (including phenoxy) is 1. The molecular weight excluding hydrogens is 478 g/mol. The summed E-state index contributed by atoms with van der Waals surface area (Å²) in [6.45, 7) is 2.13. The van der Waals surface area contributed by atoms with E-state index in [9.17, 15) is 9.59 Å². The molecule has 0 radical (unpaired) electrons. The van der Waals surface area contributed by atoms with Crippen molar-refractivity contribution in [1.29, 1.82) is 0 Å². The molecule has 2 saturated carbocycles. The SMILES string of the molecule is Nc1ccccc1NC(=O)c1ccc(N2CC(CNc3ccc(C4C[C@H]4NCC4CC4)cc3)OC2=O)cc1. The first-order valence-electron chi connectivity index (χ1n) is 13.3. The maximum atomic E-state index is 12.6. The van der Waals surface area contributed by atoms with Gasteiger partial charge in [-0.15, -0.1) is 0 Å². The van der Waals surface area contributed by atoms with Crippen LogP contribution in [0.3, 0.4) is 0 Å². The second-order valence-electron chi connectivity index (χ2n) is 10.5. The molecule has 3 aliphatic rings. The molecule has 1 saturated heterocycles. The van der Waals surface area contributed by atoms with Gasteiger partial charge in [0.2, 0.25) is 0 Å². The molecule has 3 aromatic rings. The number of hydrogen-bond donors (Lipinski definition) is 4. The minimum Gasteiger partial charge on any atom is -0.442 e. The van der Waals surface area contributed by atoms with Gasteiger partial charge in [0.25, 0.3) is 5.91 Å². The number of cyclic esters (lactones) is 1. The van der Waals surface area contributed by atoms with Crippen molar-refractivity contribution in [2.45, 2.75) is 37.3 Å². The summed E-state index contributed by atoms with van der Waals surface area (Å²) in [6, 6.07) is 23.2. The average Bonchev–Trinajstić information content (AvgIpc) is 3.86. The Morgan fingerprint density at radius 3 is 2.47 bits per heavy atom. The Hall–Kier alpha value is -4.04. The molecule has 2 unspecified atom stereocenters. The van der Waals surface area contributed by atoms with Crippen LogP contribution in [-0.4, -0.2) is 43.8 Å². The van der Waals surface area contributed by atoms with E-state index < -0.39 is 0 Å². The van der Waals surface area contributed by atoms with Gasteiger partial charge in [0.1, 0.15) is 6.10 Å². The molecule has 196 valence electrons. The number of carbonyl (C=O) groups is 2. The van der Waals surface area contributed by atoms with E-state index in [1.807, 2.05) is 12.1 Å². The van der Waals surface area contributed by atoms with Gasteiger partial charge in [-0.25, -0.2) is 4.79 Å². The van der Waals surface area contributed by atoms with Crippen molar-refractivity contribution in [3.63, 3.8) is 0 Å². The summed E-state index contributed by atoms with van der Waals surface area (Å²) in [4.78, 5) is 26.7. The van der Waals surface area contributed by atoms with Crippen LogP contribution in [0.4, 0.5) is 27.5 Å². The van der Waals surface area contributed by atoms with Crippen molar-refractivity contribution in [2.24, 2.45) is 5.92 Å². The number of nitrogens with one attached hydrogen (secondary N) is 3. The number of rotatable bonds is 10. The van der Waals surface area contributed by atoms with Gasteiger partial charge in [0.05, 0.1) is 24.5 Å². The summed E-state index contributed by atoms with van der Waals surface area (Å²) < 4.78 is 5.58. The van der Waals surface area contributed by atoms with E-state index in [1.54, 1.807) is 41.3 Å². The molecule has 38 heavy (non-hydrogen) atoms. The smallest absolute Gasteiger partial charge is 0.414 e. The van der Waals surface area contributed by atoms with Crippen LogP contribution in [0.5, 0.6) is 0 Å². The van der Waals surface area contributed by atoms with Crippen molar-refractivity contribution in [3.8, 4) is 0 Å². The van der Waals surface area contributed by atoms with Crippen LogP contribution < -0.4 is 26.6 Å². The van der Waals surface area contributed by atoms with Crippen molar-refractivity contribution in [1.82, 2.24) is 5.32 Å². The topological polar surface area (TPSA) is 109 Å². The number of para-hydroxylation sites is 2. The molecule has 2 aliphatic carbocycles. The summed E-state index contributed by atoms with van der Waals surface area (Å²) >= 11 is 0. The first-order valence-corrected chi connectivity index (χ1v) is 13.3. The molecule has 1 heterocycles. The van der Waals surface area contributed by atoms with Gasteiger partial charge in [-0.3, -0.25) is 9.69 Å². The molecule has 8 heteroatoms. The second kappa shape index (κ2) is 10.4. The van der Waals surface area contributed by atoms with E-state index in [1.165, 1.54) is 31.4 Å². The largest absolute Gasteiger partial charge is 0.442 e. The molecule has 2 amide bonds. The predicted molar refractivity (Wildman–Crippen MR) is 150 cm³/mol. The minimum absolute atomic E-state index is 0.265. The third-order valence-electron chi connectivity index (χ3n) is 7.55. The molecule has 0 spiro atoms. The molecular formula is C30H33N5O3. The van der Waals surface area contributed by atoms with Gasteiger partial charge in [0.15, 0.2) is 0 Å². The van der Waals surface area contributed by atoms with Crippen LogP contribution >= 0.6 is 0 Å². The lowest BCUT2D eigenvalue weighted by atomic mass is 10.1. The number of carbonyl (C=O) groups excluding carboxylic acids is 2. The fraction of sp³-hybridized carbons (Fsp3) is 0.333. The summed E-state index contributed by atoms with van der Waals surface area (Å²) in [7, 11) is 0. The standard InChI is InChI=1S/C30H33N5O3/c31-26-3-1-2-4-27(26)34-29(36)21-9-13-23(14-10-21)35-18-24(38-30(35)37)17-32-22-11-7-20(8-12-22)25-15-28(25)33-16-19-5-6-19/h1-4,7-14,19,24-25,28,32-33H,5-6,15-18,31H2,(H,34,36)/t24?,25?,28-/m1/s1. The maximum absolute atomic E-state index is 12.6. The third-order valence-corrected chi connectivity index (χ3v) is 7.55. The fourth-order valence-corrected chi connectivity index (χ4v) is 4.95. The molecule has 3 atom stereocenters. The highest BCUT2D eigenvalue weighted by molar-refractivity contribution is 6.06. The molecule has 6 rings (SSSR count). The highest BCUT2D eigenvalue weighted by Gasteiger charge is 2.39. The molecule has 3 aromatic carbocycles. The summed E-state index contributed by atoms with van der Waals surface area (Å²) in [5, 5.41) is 9.90. The number of hydrogen-bond acceptors (Lipinski definition) is 6. The number of nitrogens with two attached hydrogens (primary N) is 1. The summed E-state index contributed by atoms with van der Waals surface area (Å²) in [6.07, 6.45) is 3.33. The molecule has 0 aromatic heterocycles. The average molecular weight is 512 g/mol. The van der Waals surface area contributed by atoms with Crippen LogP contribution in [0.2, 0.25) is 0 Å². The van der Waals surface area contributed by atoms with Crippen LogP contribution in [0.25, 0.3) is 0 Å². The summed E-state index contributed by atoms with van der Waals surface area (Å²) in [5.41, 5.74) is 10.5. The van der Waals surface area contributed by atoms with Gasteiger partial charge in [-0.1, -0.05) is 24.3 Å². The Bertz CT molecular complexity index is 1310. The van der Waals surface area contributed by atoms with Gasteiger partial charge < -0.3 is 26.4 Å². The lowest BCUT2D eigenvalue weighted by Crippen LogP contribution is -2.27. The highest BCUT2D eigenvalue weighted by atomic mass is 16.6. The minimum atomic E-state index is -0.389. The van der Waals surface area contributed by atoms with Gasteiger partial charge in [0, 0.05) is 28.9 Å². The molecule has 3 fully saturated rings. The van der Waals surface area contributed by atoms with Crippen molar-refractivity contribution >= 4 is 34.7 Å². The van der Waals surface area contributed by atoms with Crippen LogP contribution in [-0.2, 0) is 4.74 Å². The number of anilines is 4. The van der Waals surface area contributed by atoms with Crippen LogP contribution in [0.1, 0.15) is 41.1 Å². The number of nitrogens with zero attached hydrogens (tertiary/aromatic N) is 1. The zero-order valence-corrected chi connectivity index (χ0v) is 21.2. The van der Waals surface area contributed by atoms with Crippen molar-refractivity contribution in [2.75, 3.05) is 40.9 Å². The molecule has 1 aliphatic heterocycles. The monoisotopic (exact) mass is 511 g/mol. The van der Waals surface area contributed by atoms with Crippen molar-refractivity contribution < 1.29 is 14.3 Å². The van der Waals surface area contributed by atoms with Crippen LogP contribution in [0, 0.1) is 5.92 Å². The number of benzene rings is 3. The van der Waals surface area contributed by atoms with E-state index in [4.69, 9.17) is 10.5 Å². The zero-order valence-electron chi connectivity index (χ0n) is 21.2. The van der Waals surface area contributed by atoms with Crippen molar-refractivity contribution in [3.05, 3.63) is 83.9 Å². The van der Waals surface area contributed by atoms with E-state index in [-0.39, 0.29) is 18.1 Å². The Labute approximate surface area is 222 Å². The highest BCUT2D eigenvalue weighted by Crippen LogP contribution is 2.42. The van der Waals surface area contributed by atoms with Crippen LogP contribution in [0.15, 0.2) is 72.8 Å². The Morgan fingerprint density at radius 2 is 1.74 bits per heavy atom. The Morgan fingerprint density at radius 1 is 0.974 bits per heavy atom. The lowest BCUT2D eigenvalue weighted by Gasteiger charge is -2.14. The molecule has 5 N–H and O–H groups in total. The number of nitrogen functional groups attached to an aromatic ring is 1. The first-order chi connectivity index (χ1) is 18.5. The maximum Gasteiger partial charge on any atom is 0.414 e. The lowest BCUT2D eigenvalue weighted by molar-refractivity contribution is 0.102. The van der Waals surface area contributed by atoms with Gasteiger partial charge >= 0.3 is 6.09 Å². The second-order valence-corrected chi connectivity index (χ2v) is 10.5. The third kappa shape index (κ3) is 5.60. The van der Waals surface area contributed by atoms with E-state index >= 15 is 0 Å². The van der Waals surface area contributed by atoms with E-state index in [0.717, 1.165) is 11.6 Å². The molecule has 8 nitrogen and oxygen atoms in total. The predicted octanol–water partition coefficient (Wildman–Crippen LogP) is 4.81. The Balaban J connectivity index is 0.984. The molecule has 0 bridgehead atoms. The normalized spacial score (nSPS) is 22.2.